The number of aryl methyl sites for hydroxylation is 2. The molecule has 0 bridgehead atoms. The summed E-state index contributed by atoms with van der Waals surface area (Å²) in [6.45, 7) is 3.68. The van der Waals surface area contributed by atoms with Gasteiger partial charge in [-0.3, -0.25) is 4.79 Å². The molecule has 1 heterocycles. The lowest BCUT2D eigenvalue weighted by molar-refractivity contribution is 0.0994. The van der Waals surface area contributed by atoms with E-state index in [-0.39, 0.29) is 11.7 Å². The highest BCUT2D eigenvalue weighted by atomic mass is 35.5. The van der Waals surface area contributed by atoms with Gasteiger partial charge in [0.1, 0.15) is 0 Å². The van der Waals surface area contributed by atoms with Crippen molar-refractivity contribution in [2.45, 2.75) is 20.3 Å². The average Bonchev–Trinajstić information content (AvgIpc) is 2.80. The van der Waals surface area contributed by atoms with Crippen LogP contribution in [0.4, 0.5) is 11.4 Å². The number of nitrogens with zero attached hydrogens (tertiary/aromatic N) is 2. The Bertz CT molecular complexity index is 665. The maximum Gasteiger partial charge on any atom is 0.293 e. The number of carbonyl (C=O) groups is 1. The Morgan fingerprint density at radius 2 is 2.14 bits per heavy atom. The molecule has 0 fully saturated rings. The van der Waals surface area contributed by atoms with Crippen LogP contribution in [0.25, 0.3) is 0 Å². The molecule has 0 aliphatic carbocycles. The van der Waals surface area contributed by atoms with Gasteiger partial charge < -0.3 is 14.6 Å². The Hall–Kier alpha value is -2.01. The lowest BCUT2D eigenvalue weighted by Crippen LogP contribution is -2.17. The molecule has 21 heavy (non-hydrogen) atoms. The van der Waals surface area contributed by atoms with Crippen LogP contribution in [0.1, 0.15) is 29.1 Å². The van der Waals surface area contributed by atoms with Gasteiger partial charge in [0.05, 0.1) is 17.1 Å². The molecule has 6 heteroatoms. The highest BCUT2D eigenvalue weighted by Crippen LogP contribution is 2.28. The summed E-state index contributed by atoms with van der Waals surface area (Å²) in [4.78, 5) is 18.4. The minimum Gasteiger partial charge on any atom is -0.435 e. The Morgan fingerprint density at radius 1 is 1.43 bits per heavy atom. The predicted octanol–water partition coefficient (Wildman–Crippen LogP) is 3.52. The zero-order chi connectivity index (χ0) is 15.6. The largest absolute Gasteiger partial charge is 0.435 e. The average molecular weight is 308 g/mol. The second-order valence-electron chi connectivity index (χ2n) is 4.89. The highest BCUT2D eigenvalue weighted by molar-refractivity contribution is 6.31. The molecule has 0 atom stereocenters. The predicted molar refractivity (Wildman–Crippen MR) is 84.4 cm³/mol. The lowest BCUT2D eigenvalue weighted by Gasteiger charge is -2.17. The van der Waals surface area contributed by atoms with E-state index >= 15 is 0 Å². The molecule has 1 aromatic carbocycles. The maximum atomic E-state index is 12.3. The van der Waals surface area contributed by atoms with Gasteiger partial charge in [-0.2, -0.15) is 0 Å². The van der Waals surface area contributed by atoms with Crippen LogP contribution in [0.15, 0.2) is 22.6 Å². The van der Waals surface area contributed by atoms with Crippen molar-refractivity contribution < 1.29 is 9.21 Å². The van der Waals surface area contributed by atoms with E-state index in [1.165, 1.54) is 0 Å². The second-order valence-corrected chi connectivity index (χ2v) is 5.32. The van der Waals surface area contributed by atoms with Gasteiger partial charge in [-0.1, -0.05) is 18.5 Å². The molecule has 0 unspecified atom stereocenters. The Kier molecular flexibility index (Phi) is 4.53. The van der Waals surface area contributed by atoms with Gasteiger partial charge in [0, 0.05) is 25.5 Å². The number of hydrogen-bond donors (Lipinski definition) is 1. The van der Waals surface area contributed by atoms with Crippen molar-refractivity contribution in [3.63, 3.8) is 0 Å². The van der Waals surface area contributed by atoms with E-state index < -0.39 is 0 Å². The van der Waals surface area contributed by atoms with E-state index in [2.05, 4.69) is 10.3 Å². The molecule has 0 radical (unpaired) electrons. The first-order chi connectivity index (χ1) is 9.92. The smallest absolute Gasteiger partial charge is 0.293 e. The minimum atomic E-state index is -0.329. The van der Waals surface area contributed by atoms with E-state index in [0.717, 1.165) is 5.69 Å². The molecule has 2 aromatic rings. The van der Waals surface area contributed by atoms with E-state index in [4.69, 9.17) is 16.0 Å². The second kappa shape index (κ2) is 6.18. The third-order valence-corrected chi connectivity index (χ3v) is 3.27. The minimum absolute atomic E-state index is 0.233. The number of amides is 1. The van der Waals surface area contributed by atoms with Crippen molar-refractivity contribution in [2.24, 2.45) is 0 Å². The van der Waals surface area contributed by atoms with Crippen LogP contribution in [-0.4, -0.2) is 25.0 Å². The number of rotatable bonds is 4. The fourth-order valence-electron chi connectivity index (χ4n) is 1.99. The monoisotopic (exact) mass is 307 g/mol. The number of oxazole rings is 1. The molecule has 0 saturated heterocycles. The van der Waals surface area contributed by atoms with Crippen LogP contribution >= 0.6 is 11.6 Å². The van der Waals surface area contributed by atoms with Crippen LogP contribution in [0.5, 0.6) is 0 Å². The van der Waals surface area contributed by atoms with Crippen molar-refractivity contribution in [3.05, 3.63) is 40.6 Å². The van der Waals surface area contributed by atoms with Crippen molar-refractivity contribution in [3.8, 4) is 0 Å². The molecule has 112 valence electrons. The molecule has 2 rings (SSSR count). The van der Waals surface area contributed by atoms with Crippen LogP contribution in [0, 0.1) is 6.92 Å². The van der Waals surface area contributed by atoms with Gasteiger partial charge in [-0.05, 0) is 25.1 Å². The normalized spacial score (nSPS) is 10.5. The molecular formula is C15H18ClN3O2. The fraction of sp³-hybridized carbons (Fsp3) is 0.333. The third-order valence-electron chi connectivity index (χ3n) is 3.04. The first-order valence-electron chi connectivity index (χ1n) is 6.67. The summed E-state index contributed by atoms with van der Waals surface area (Å²) >= 11 is 6.00. The molecule has 0 saturated carbocycles. The number of anilines is 2. The molecular weight excluding hydrogens is 290 g/mol. The lowest BCUT2D eigenvalue weighted by atomic mass is 10.2. The molecule has 0 aliphatic rings. The van der Waals surface area contributed by atoms with Gasteiger partial charge >= 0.3 is 0 Å². The van der Waals surface area contributed by atoms with Gasteiger partial charge in [0.15, 0.2) is 5.89 Å². The quantitative estimate of drug-likeness (QED) is 0.939. The molecule has 1 N–H and O–H groups in total. The van der Waals surface area contributed by atoms with E-state index in [1.807, 2.05) is 32.0 Å². The Morgan fingerprint density at radius 3 is 2.71 bits per heavy atom. The maximum absolute atomic E-state index is 12.3. The van der Waals surface area contributed by atoms with E-state index in [1.54, 1.807) is 19.1 Å². The van der Waals surface area contributed by atoms with Gasteiger partial charge in [-0.25, -0.2) is 4.98 Å². The molecule has 5 nitrogen and oxygen atoms in total. The molecule has 0 aliphatic heterocycles. The SMILES string of the molecule is CCc1nc(C)c(C(=O)Nc2cc(Cl)ccc2N(C)C)o1. The summed E-state index contributed by atoms with van der Waals surface area (Å²) < 4.78 is 5.46. The zero-order valence-electron chi connectivity index (χ0n) is 12.5. The third kappa shape index (κ3) is 3.36. The van der Waals surface area contributed by atoms with Crippen LogP contribution < -0.4 is 10.2 Å². The number of halogens is 1. The molecule has 1 aromatic heterocycles. The Balaban J connectivity index is 2.30. The first kappa shape index (κ1) is 15.4. The highest BCUT2D eigenvalue weighted by Gasteiger charge is 2.18. The van der Waals surface area contributed by atoms with Crippen molar-refractivity contribution in [1.82, 2.24) is 4.98 Å². The fourth-order valence-corrected chi connectivity index (χ4v) is 2.16. The summed E-state index contributed by atoms with van der Waals surface area (Å²) in [6, 6.07) is 5.34. The summed E-state index contributed by atoms with van der Waals surface area (Å²) in [7, 11) is 3.79. The number of carbonyl (C=O) groups excluding carboxylic acids is 1. The summed E-state index contributed by atoms with van der Waals surface area (Å²) in [6.07, 6.45) is 0.647. The first-order valence-corrected chi connectivity index (χ1v) is 7.04. The Labute approximate surface area is 128 Å². The van der Waals surface area contributed by atoms with Crippen molar-refractivity contribution >= 4 is 28.9 Å². The van der Waals surface area contributed by atoms with Crippen molar-refractivity contribution in [1.29, 1.82) is 0 Å². The van der Waals surface area contributed by atoms with Crippen LogP contribution in [0.2, 0.25) is 5.02 Å². The van der Waals surface area contributed by atoms with Crippen molar-refractivity contribution in [2.75, 3.05) is 24.3 Å². The number of benzene rings is 1. The molecule has 0 spiro atoms. The van der Waals surface area contributed by atoms with Crippen LogP contribution in [-0.2, 0) is 6.42 Å². The van der Waals surface area contributed by atoms with Gasteiger partial charge in [0.25, 0.3) is 5.91 Å². The number of aromatic nitrogens is 1. The number of nitrogens with one attached hydrogen (secondary N) is 1. The van der Waals surface area contributed by atoms with Crippen LogP contribution in [0.3, 0.4) is 0 Å². The van der Waals surface area contributed by atoms with Gasteiger partial charge in [-0.15, -0.1) is 0 Å². The zero-order valence-corrected chi connectivity index (χ0v) is 13.3. The summed E-state index contributed by atoms with van der Waals surface area (Å²) in [5, 5.41) is 3.38. The van der Waals surface area contributed by atoms with E-state index in [0.29, 0.717) is 28.7 Å². The van der Waals surface area contributed by atoms with Gasteiger partial charge in [0.2, 0.25) is 5.76 Å². The standard InChI is InChI=1S/C15H18ClN3O2/c1-5-13-17-9(2)14(21-13)15(20)18-11-8-10(16)6-7-12(11)19(3)4/h6-8H,5H2,1-4H3,(H,18,20). The van der Waals surface area contributed by atoms with E-state index in [9.17, 15) is 4.79 Å². The summed E-state index contributed by atoms with van der Waals surface area (Å²) in [5.41, 5.74) is 2.07. The molecule has 1 amide bonds. The topological polar surface area (TPSA) is 58.4 Å². The number of hydrogen-bond acceptors (Lipinski definition) is 4. The summed E-state index contributed by atoms with van der Waals surface area (Å²) in [5.74, 6) is 0.457.